The van der Waals surface area contributed by atoms with E-state index in [9.17, 15) is 4.79 Å². The van der Waals surface area contributed by atoms with E-state index in [1.165, 1.54) is 7.11 Å². The molecule has 0 saturated carbocycles. The van der Waals surface area contributed by atoms with Crippen LogP contribution in [0.1, 0.15) is 26.7 Å². The monoisotopic (exact) mass is 312 g/mol. The molecule has 0 aliphatic heterocycles. The van der Waals surface area contributed by atoms with E-state index < -0.39 is 5.41 Å². The highest BCUT2D eigenvalue weighted by Crippen LogP contribution is 2.30. The Bertz CT molecular complexity index is 632. The lowest BCUT2D eigenvalue weighted by molar-refractivity contribution is -0.151. The molecule has 0 aromatic heterocycles. The Morgan fingerprint density at radius 2 is 1.65 bits per heavy atom. The fourth-order valence-corrected chi connectivity index (χ4v) is 2.52. The first-order chi connectivity index (χ1) is 11.0. The zero-order valence-corrected chi connectivity index (χ0v) is 14.0. The Balaban J connectivity index is 1.96. The van der Waals surface area contributed by atoms with Crippen LogP contribution in [-0.4, -0.2) is 19.7 Å². The molecular formula is C20H24O3. The number of rotatable bonds is 7. The highest BCUT2D eigenvalue weighted by Gasteiger charge is 2.27. The van der Waals surface area contributed by atoms with Crippen LogP contribution in [0.2, 0.25) is 0 Å². The number of hydrogen-bond donors (Lipinski definition) is 0. The maximum atomic E-state index is 11.7. The van der Waals surface area contributed by atoms with Crippen molar-refractivity contribution in [1.29, 1.82) is 0 Å². The average molecular weight is 312 g/mol. The van der Waals surface area contributed by atoms with Crippen molar-refractivity contribution in [2.75, 3.05) is 13.7 Å². The molecule has 2 rings (SSSR count). The molecule has 0 bridgehead atoms. The molecule has 0 aliphatic rings. The van der Waals surface area contributed by atoms with Crippen LogP contribution in [0, 0.1) is 5.41 Å². The molecular weight excluding hydrogens is 288 g/mol. The summed E-state index contributed by atoms with van der Waals surface area (Å²) in [5.41, 5.74) is 1.75. The Labute approximate surface area is 138 Å². The van der Waals surface area contributed by atoms with E-state index in [1.807, 2.05) is 50.2 Å². The highest BCUT2D eigenvalue weighted by molar-refractivity contribution is 5.75. The molecule has 0 amide bonds. The fraction of sp³-hybridized carbons (Fsp3) is 0.350. The first kappa shape index (κ1) is 17.1. The van der Waals surface area contributed by atoms with Crippen LogP contribution in [-0.2, 0) is 9.53 Å². The van der Waals surface area contributed by atoms with Crippen molar-refractivity contribution >= 4 is 5.97 Å². The van der Waals surface area contributed by atoms with E-state index in [0.29, 0.717) is 6.61 Å². The summed E-state index contributed by atoms with van der Waals surface area (Å²) in [6.45, 7) is 4.37. The highest BCUT2D eigenvalue weighted by atomic mass is 16.5. The summed E-state index contributed by atoms with van der Waals surface area (Å²) in [6.07, 6.45) is 1.53. The van der Waals surface area contributed by atoms with Crippen LogP contribution >= 0.6 is 0 Å². The molecule has 0 aliphatic carbocycles. The van der Waals surface area contributed by atoms with Gasteiger partial charge in [-0.15, -0.1) is 0 Å². The molecule has 2 aromatic rings. The van der Waals surface area contributed by atoms with E-state index in [0.717, 1.165) is 29.7 Å². The maximum absolute atomic E-state index is 11.7. The Morgan fingerprint density at radius 1 is 1.00 bits per heavy atom. The SMILES string of the molecule is COC(=O)C(C)(C)CCCOc1ccccc1-c1ccccc1. The van der Waals surface area contributed by atoms with Gasteiger partial charge in [0, 0.05) is 5.56 Å². The van der Waals surface area contributed by atoms with Crippen molar-refractivity contribution in [1.82, 2.24) is 0 Å². The van der Waals surface area contributed by atoms with Crippen LogP contribution in [0.4, 0.5) is 0 Å². The summed E-state index contributed by atoms with van der Waals surface area (Å²) in [6, 6.07) is 18.2. The molecule has 0 spiro atoms. The van der Waals surface area contributed by atoms with E-state index in [2.05, 4.69) is 18.2 Å². The lowest BCUT2D eigenvalue weighted by Crippen LogP contribution is -2.26. The molecule has 3 nitrogen and oxygen atoms in total. The third-order valence-corrected chi connectivity index (χ3v) is 3.91. The quantitative estimate of drug-likeness (QED) is 0.548. The minimum absolute atomic E-state index is 0.179. The van der Waals surface area contributed by atoms with Crippen molar-refractivity contribution < 1.29 is 14.3 Å². The Hall–Kier alpha value is -2.29. The van der Waals surface area contributed by atoms with Crippen molar-refractivity contribution in [2.45, 2.75) is 26.7 Å². The molecule has 0 radical (unpaired) electrons. The molecule has 2 aromatic carbocycles. The molecule has 23 heavy (non-hydrogen) atoms. The van der Waals surface area contributed by atoms with E-state index >= 15 is 0 Å². The van der Waals surface area contributed by atoms with E-state index in [1.54, 1.807) is 0 Å². The second-order valence-electron chi connectivity index (χ2n) is 6.19. The number of hydrogen-bond acceptors (Lipinski definition) is 3. The molecule has 0 unspecified atom stereocenters. The minimum Gasteiger partial charge on any atom is -0.493 e. The van der Waals surface area contributed by atoms with Crippen molar-refractivity contribution in [3.63, 3.8) is 0 Å². The van der Waals surface area contributed by atoms with Gasteiger partial charge in [0.2, 0.25) is 0 Å². The molecule has 0 N–H and O–H groups in total. The van der Waals surface area contributed by atoms with Gasteiger partial charge in [-0.1, -0.05) is 48.5 Å². The summed E-state index contributed by atoms with van der Waals surface area (Å²) in [5, 5.41) is 0. The van der Waals surface area contributed by atoms with E-state index in [-0.39, 0.29) is 5.97 Å². The zero-order valence-electron chi connectivity index (χ0n) is 14.0. The van der Waals surface area contributed by atoms with Gasteiger partial charge in [-0.2, -0.15) is 0 Å². The van der Waals surface area contributed by atoms with Crippen molar-refractivity contribution in [3.8, 4) is 16.9 Å². The number of methoxy groups -OCH3 is 1. The normalized spacial score (nSPS) is 11.1. The molecule has 0 saturated heterocycles. The van der Waals surface area contributed by atoms with E-state index in [4.69, 9.17) is 9.47 Å². The standard InChI is InChI=1S/C20H24O3/c1-20(2,19(21)22-3)14-9-15-23-18-13-8-7-12-17(18)16-10-5-4-6-11-16/h4-8,10-13H,9,14-15H2,1-3H3. The minimum atomic E-state index is -0.475. The van der Waals surface area contributed by atoms with Gasteiger partial charge in [-0.25, -0.2) is 0 Å². The maximum Gasteiger partial charge on any atom is 0.311 e. The molecule has 122 valence electrons. The van der Waals surface area contributed by atoms with Crippen LogP contribution in [0.5, 0.6) is 5.75 Å². The fourth-order valence-electron chi connectivity index (χ4n) is 2.52. The lowest BCUT2D eigenvalue weighted by Gasteiger charge is -2.21. The number of carbonyl (C=O) groups excluding carboxylic acids is 1. The van der Waals surface area contributed by atoms with Gasteiger partial charge >= 0.3 is 5.97 Å². The number of esters is 1. The van der Waals surface area contributed by atoms with Gasteiger partial charge in [0.05, 0.1) is 19.1 Å². The summed E-state index contributed by atoms with van der Waals surface area (Å²) in [5.74, 6) is 0.691. The van der Waals surface area contributed by atoms with Gasteiger partial charge in [0.25, 0.3) is 0 Å². The first-order valence-corrected chi connectivity index (χ1v) is 7.90. The Kier molecular flexibility index (Phi) is 5.80. The lowest BCUT2D eigenvalue weighted by atomic mass is 9.88. The smallest absolute Gasteiger partial charge is 0.311 e. The predicted octanol–water partition coefficient (Wildman–Crippen LogP) is 4.71. The van der Waals surface area contributed by atoms with Gasteiger partial charge in [0.1, 0.15) is 5.75 Å². The van der Waals surface area contributed by atoms with Gasteiger partial charge in [-0.05, 0) is 38.3 Å². The summed E-state index contributed by atoms with van der Waals surface area (Å²) < 4.78 is 10.8. The van der Waals surface area contributed by atoms with Crippen LogP contribution in [0.25, 0.3) is 11.1 Å². The predicted molar refractivity (Wildman–Crippen MR) is 92.4 cm³/mol. The second-order valence-corrected chi connectivity index (χ2v) is 6.19. The zero-order chi connectivity index (χ0) is 16.7. The first-order valence-electron chi connectivity index (χ1n) is 7.90. The second kappa shape index (κ2) is 7.82. The molecule has 0 heterocycles. The van der Waals surface area contributed by atoms with Gasteiger partial charge in [0.15, 0.2) is 0 Å². The topological polar surface area (TPSA) is 35.5 Å². The van der Waals surface area contributed by atoms with Gasteiger partial charge < -0.3 is 9.47 Å². The Morgan fingerprint density at radius 3 is 2.35 bits per heavy atom. The molecule has 3 heteroatoms. The summed E-state index contributed by atoms with van der Waals surface area (Å²) in [7, 11) is 1.43. The van der Waals surface area contributed by atoms with Crippen LogP contribution in [0.15, 0.2) is 54.6 Å². The van der Waals surface area contributed by atoms with Crippen LogP contribution < -0.4 is 4.74 Å². The third-order valence-electron chi connectivity index (χ3n) is 3.91. The van der Waals surface area contributed by atoms with Crippen LogP contribution in [0.3, 0.4) is 0 Å². The number of para-hydroxylation sites is 1. The van der Waals surface area contributed by atoms with Crippen molar-refractivity contribution in [2.24, 2.45) is 5.41 Å². The third kappa shape index (κ3) is 4.59. The largest absolute Gasteiger partial charge is 0.493 e. The average Bonchev–Trinajstić information content (AvgIpc) is 2.59. The summed E-state index contributed by atoms with van der Waals surface area (Å²) in [4.78, 5) is 11.7. The van der Waals surface area contributed by atoms with Gasteiger partial charge in [-0.3, -0.25) is 4.79 Å². The number of ether oxygens (including phenoxy) is 2. The number of carbonyl (C=O) groups is 1. The van der Waals surface area contributed by atoms with Crippen molar-refractivity contribution in [3.05, 3.63) is 54.6 Å². The number of benzene rings is 2. The molecule has 0 atom stereocenters. The molecule has 0 fully saturated rings. The summed E-state index contributed by atoms with van der Waals surface area (Å²) >= 11 is 0.